The molecule has 2 aliphatic rings. The van der Waals surface area contributed by atoms with Gasteiger partial charge in [0.1, 0.15) is 6.10 Å². The van der Waals surface area contributed by atoms with Crippen LogP contribution in [-0.2, 0) is 23.8 Å². The quantitative estimate of drug-likeness (QED) is 0.295. The summed E-state index contributed by atoms with van der Waals surface area (Å²) in [6.07, 6.45) is 5.37. The maximum absolute atomic E-state index is 14.2. The Balaban J connectivity index is 2.12. The first-order chi connectivity index (χ1) is 14.8. The molecule has 2 rings (SSSR count). The van der Waals surface area contributed by atoms with Crippen molar-refractivity contribution in [3.8, 4) is 0 Å². The predicted molar refractivity (Wildman–Crippen MR) is 114 cm³/mol. The van der Waals surface area contributed by atoms with E-state index < -0.39 is 24.4 Å². The molecule has 180 valence electrons. The number of ether oxygens (including phenoxy) is 3. The third-order valence-electron chi connectivity index (χ3n) is 6.65. The lowest BCUT2D eigenvalue weighted by Crippen LogP contribution is -2.32. The van der Waals surface area contributed by atoms with E-state index in [-0.39, 0.29) is 36.4 Å². The van der Waals surface area contributed by atoms with Crippen LogP contribution >= 0.6 is 0 Å². The number of ketones is 1. The van der Waals surface area contributed by atoms with Crippen molar-refractivity contribution in [2.75, 3.05) is 6.61 Å². The summed E-state index contributed by atoms with van der Waals surface area (Å²) in [5, 5.41) is 0. The maximum atomic E-state index is 14.2. The summed E-state index contributed by atoms with van der Waals surface area (Å²) in [4.78, 5) is 24.5. The van der Waals surface area contributed by atoms with Crippen LogP contribution in [0, 0.1) is 11.8 Å². The molecule has 1 unspecified atom stereocenters. The van der Waals surface area contributed by atoms with Crippen LogP contribution in [0.25, 0.3) is 0 Å². The third-order valence-corrected chi connectivity index (χ3v) is 6.65. The molecule has 0 N–H and O–H groups in total. The molecule has 5 atom stereocenters. The number of esters is 1. The fourth-order valence-corrected chi connectivity index (χ4v) is 4.99. The second-order valence-electron chi connectivity index (χ2n) is 9.01. The van der Waals surface area contributed by atoms with E-state index in [1.54, 1.807) is 0 Å². The van der Waals surface area contributed by atoms with Crippen molar-refractivity contribution in [1.29, 1.82) is 0 Å². The van der Waals surface area contributed by atoms with Gasteiger partial charge in [-0.2, -0.15) is 8.78 Å². The Labute approximate surface area is 185 Å². The molecular weight excluding hydrogens is 406 g/mol. The van der Waals surface area contributed by atoms with E-state index in [9.17, 15) is 18.4 Å². The van der Waals surface area contributed by atoms with Crippen molar-refractivity contribution in [3.05, 3.63) is 0 Å². The van der Waals surface area contributed by atoms with Crippen molar-refractivity contribution >= 4 is 11.8 Å². The molecule has 0 radical (unpaired) electrons. The first-order valence-electron chi connectivity index (χ1n) is 12.2. The molecule has 1 heterocycles. The lowest BCUT2D eigenvalue weighted by atomic mass is 9.84. The van der Waals surface area contributed by atoms with Gasteiger partial charge in [-0.15, -0.1) is 0 Å². The van der Waals surface area contributed by atoms with Gasteiger partial charge in [0.25, 0.3) is 0 Å². The molecule has 0 bridgehead atoms. The molecule has 5 nitrogen and oxygen atoms in total. The molecule has 0 aromatic rings. The van der Waals surface area contributed by atoms with Crippen LogP contribution in [0.1, 0.15) is 97.8 Å². The Bertz CT molecular complexity index is 568. The minimum absolute atomic E-state index is 0.0259. The molecule has 0 amide bonds. The van der Waals surface area contributed by atoms with Crippen LogP contribution in [0.15, 0.2) is 0 Å². The number of halogens is 2. The fourth-order valence-electron chi connectivity index (χ4n) is 4.99. The van der Waals surface area contributed by atoms with Gasteiger partial charge in [-0.1, -0.05) is 32.6 Å². The van der Waals surface area contributed by atoms with Crippen LogP contribution in [0.3, 0.4) is 0 Å². The Morgan fingerprint density at radius 2 is 1.97 bits per heavy atom. The minimum atomic E-state index is -3.27. The number of fused-ring (bicyclic) bond motifs is 1. The van der Waals surface area contributed by atoms with E-state index in [4.69, 9.17) is 14.2 Å². The number of carbonyl (C=O) groups excluding carboxylic acids is 2. The molecule has 1 saturated carbocycles. The summed E-state index contributed by atoms with van der Waals surface area (Å²) >= 11 is 0. The Kier molecular flexibility index (Phi) is 10.8. The first-order valence-corrected chi connectivity index (χ1v) is 12.2. The number of rotatable bonds is 11. The first kappa shape index (κ1) is 26.2. The van der Waals surface area contributed by atoms with Gasteiger partial charge < -0.3 is 14.2 Å². The number of hydrogen-bond acceptors (Lipinski definition) is 5. The van der Waals surface area contributed by atoms with E-state index >= 15 is 0 Å². The Hall–Kier alpha value is -1.08. The van der Waals surface area contributed by atoms with Crippen molar-refractivity contribution < 1.29 is 32.6 Å². The number of unbranched alkanes of at least 4 members (excludes halogenated alkanes) is 1. The van der Waals surface area contributed by atoms with Gasteiger partial charge in [0, 0.05) is 38.2 Å². The minimum Gasteiger partial charge on any atom is -0.462 e. The van der Waals surface area contributed by atoms with Gasteiger partial charge in [0.15, 0.2) is 6.29 Å². The molecule has 0 spiro atoms. The van der Waals surface area contributed by atoms with E-state index in [0.717, 1.165) is 32.1 Å². The van der Waals surface area contributed by atoms with Crippen molar-refractivity contribution in [2.45, 2.75) is 122 Å². The van der Waals surface area contributed by atoms with E-state index in [0.29, 0.717) is 38.7 Å². The zero-order chi connectivity index (χ0) is 22.9. The fraction of sp³-hybridized carbons (Fsp3) is 0.917. The van der Waals surface area contributed by atoms with Gasteiger partial charge >= 0.3 is 11.9 Å². The zero-order valence-corrected chi connectivity index (χ0v) is 19.4. The zero-order valence-electron chi connectivity index (χ0n) is 19.4. The Morgan fingerprint density at radius 3 is 2.68 bits per heavy atom. The Morgan fingerprint density at radius 1 is 1.23 bits per heavy atom. The summed E-state index contributed by atoms with van der Waals surface area (Å²) in [6.45, 7) is 6.03. The largest absolute Gasteiger partial charge is 0.462 e. The third kappa shape index (κ3) is 8.08. The lowest BCUT2D eigenvalue weighted by molar-refractivity contribution is -0.169. The maximum Gasteiger partial charge on any atom is 0.306 e. The van der Waals surface area contributed by atoms with Crippen LogP contribution in [0.5, 0.6) is 0 Å². The normalized spacial score (nSPS) is 28.6. The molecule has 0 aromatic heterocycles. The van der Waals surface area contributed by atoms with E-state index in [1.807, 2.05) is 20.8 Å². The van der Waals surface area contributed by atoms with Crippen LogP contribution < -0.4 is 0 Å². The summed E-state index contributed by atoms with van der Waals surface area (Å²) in [6, 6.07) is 0. The van der Waals surface area contributed by atoms with Gasteiger partial charge in [0.2, 0.25) is 5.78 Å². The summed E-state index contributed by atoms with van der Waals surface area (Å²) < 4.78 is 45.9. The molecule has 1 aliphatic carbocycles. The average molecular weight is 447 g/mol. The van der Waals surface area contributed by atoms with Crippen LogP contribution in [0.2, 0.25) is 0 Å². The number of Topliss-reactive ketones (excluding diaryl/α,β-unsaturated/α-hetero) is 1. The van der Waals surface area contributed by atoms with Crippen LogP contribution in [-0.4, -0.2) is 42.8 Å². The molecule has 7 heteroatoms. The van der Waals surface area contributed by atoms with Crippen molar-refractivity contribution in [1.82, 2.24) is 0 Å². The molecule has 1 saturated heterocycles. The van der Waals surface area contributed by atoms with Crippen LogP contribution in [0.4, 0.5) is 8.78 Å². The number of alkyl halides is 2. The highest BCUT2D eigenvalue weighted by molar-refractivity contribution is 5.85. The summed E-state index contributed by atoms with van der Waals surface area (Å²) in [5.74, 6) is -4.54. The predicted octanol–water partition coefficient (Wildman–Crippen LogP) is 5.83. The number of hydrogen-bond donors (Lipinski definition) is 0. The van der Waals surface area contributed by atoms with Gasteiger partial charge in [-0.25, -0.2) is 0 Å². The van der Waals surface area contributed by atoms with Gasteiger partial charge in [-0.05, 0) is 45.4 Å². The highest BCUT2D eigenvalue weighted by Crippen LogP contribution is 2.43. The lowest BCUT2D eigenvalue weighted by Gasteiger charge is -2.29. The van der Waals surface area contributed by atoms with E-state index in [1.165, 1.54) is 0 Å². The highest BCUT2D eigenvalue weighted by Gasteiger charge is 2.47. The monoisotopic (exact) mass is 446 g/mol. The summed E-state index contributed by atoms with van der Waals surface area (Å²) in [7, 11) is 0. The molecule has 1 aliphatic heterocycles. The average Bonchev–Trinajstić information content (AvgIpc) is 3.03. The topological polar surface area (TPSA) is 61.8 Å². The molecule has 31 heavy (non-hydrogen) atoms. The smallest absolute Gasteiger partial charge is 0.306 e. The molecule has 2 fully saturated rings. The summed E-state index contributed by atoms with van der Waals surface area (Å²) in [5.41, 5.74) is 0. The molecule has 0 aromatic carbocycles. The van der Waals surface area contributed by atoms with Crippen molar-refractivity contribution in [3.63, 3.8) is 0 Å². The molecular formula is C24H40F2O5. The van der Waals surface area contributed by atoms with Crippen molar-refractivity contribution in [2.24, 2.45) is 11.8 Å². The SMILES string of the molecule is CCCCC(F)(F)C(=O)CC[C@@H]1[C@H]2CCCCCCC(=O)O[C@H]2C[C@H]1OC(C)OCC. The standard InChI is InChI=1S/C24H40F2O5/c1-4-6-15-24(25,26)22(27)14-13-19-18-11-9-7-8-10-12-23(28)31-21(18)16-20(19)30-17(3)29-5-2/h17-21H,4-16H2,1-3H3/t17?,18-,19-,20-,21+/m1/s1. The second-order valence-corrected chi connectivity index (χ2v) is 9.01. The van der Waals surface area contributed by atoms with E-state index in [2.05, 4.69) is 0 Å². The second kappa shape index (κ2) is 12.8. The van der Waals surface area contributed by atoms with Gasteiger partial charge in [-0.3, -0.25) is 9.59 Å². The highest BCUT2D eigenvalue weighted by atomic mass is 19.3. The number of carbonyl (C=O) groups is 2. The van der Waals surface area contributed by atoms with Gasteiger partial charge in [0.05, 0.1) is 6.10 Å².